The maximum absolute atomic E-state index is 13.9. The number of hydrogen-bond acceptors (Lipinski definition) is 7. The second-order valence-corrected chi connectivity index (χ2v) is 9.67. The van der Waals surface area contributed by atoms with Crippen LogP contribution in [0, 0.1) is 0 Å². The Morgan fingerprint density at radius 2 is 1.33 bits per heavy atom. The molecule has 1 unspecified atom stereocenters. The molecule has 10 nitrogen and oxygen atoms in total. The molecular weight excluding hydrogens is 546 g/mol. The molecule has 1 atom stereocenters. The maximum Gasteiger partial charge on any atom is 0.302 e. The van der Waals surface area contributed by atoms with E-state index in [1.807, 2.05) is 42.5 Å². The summed E-state index contributed by atoms with van der Waals surface area (Å²) in [6.45, 7) is 2.24. The van der Waals surface area contributed by atoms with E-state index in [9.17, 15) is 14.4 Å². The Morgan fingerprint density at radius 1 is 0.767 bits per heavy atom. The highest BCUT2D eigenvalue weighted by atomic mass is 16.5. The number of ether oxygens (including phenoxy) is 2. The molecule has 3 amide bonds. The largest absolute Gasteiger partial charge is 0.493 e. The summed E-state index contributed by atoms with van der Waals surface area (Å²) in [5.41, 5.74) is -0.553. The lowest BCUT2D eigenvalue weighted by molar-refractivity contribution is -0.127. The van der Waals surface area contributed by atoms with Crippen LogP contribution < -0.4 is 30.4 Å². The van der Waals surface area contributed by atoms with Crippen LogP contribution in [-0.2, 0) is 9.59 Å². The van der Waals surface area contributed by atoms with Crippen LogP contribution in [0.5, 0.6) is 11.5 Å². The van der Waals surface area contributed by atoms with Crippen molar-refractivity contribution in [1.82, 2.24) is 10.6 Å². The summed E-state index contributed by atoms with van der Waals surface area (Å²) in [6, 6.07) is 33.8. The zero-order valence-corrected chi connectivity index (χ0v) is 23.5. The lowest BCUT2D eigenvalue weighted by atomic mass is 10.1. The van der Waals surface area contributed by atoms with Crippen molar-refractivity contribution < 1.29 is 23.9 Å². The number of nitrogens with one attached hydrogen (secondary N) is 3. The molecule has 0 saturated heterocycles. The molecule has 0 spiro atoms. The minimum atomic E-state index is -1.87. The van der Waals surface area contributed by atoms with Crippen molar-refractivity contribution in [2.24, 2.45) is 5.10 Å². The summed E-state index contributed by atoms with van der Waals surface area (Å²) in [5.74, 6) is -0.284. The lowest BCUT2D eigenvalue weighted by Crippen LogP contribution is -2.67. The van der Waals surface area contributed by atoms with E-state index in [0.29, 0.717) is 42.3 Å². The topological polar surface area (TPSA) is 121 Å². The molecule has 4 aromatic carbocycles. The number of hydrogen-bond donors (Lipinski definition) is 3. The minimum absolute atomic E-state index is 0.0795. The Bertz CT molecular complexity index is 1580. The van der Waals surface area contributed by atoms with Crippen molar-refractivity contribution >= 4 is 34.9 Å². The highest BCUT2D eigenvalue weighted by molar-refractivity contribution is 6.28. The van der Waals surface area contributed by atoms with Crippen LogP contribution in [0.2, 0.25) is 0 Å². The number of amidine groups is 1. The Labute approximate surface area is 249 Å². The van der Waals surface area contributed by atoms with E-state index in [1.165, 1.54) is 6.92 Å². The fourth-order valence-corrected chi connectivity index (χ4v) is 4.44. The number of rotatable bonds is 11. The Hall–Kier alpha value is -5.64. The normalized spacial score (nSPS) is 15.8. The number of para-hydroxylation sites is 3. The quantitative estimate of drug-likeness (QED) is 0.177. The predicted molar refractivity (Wildman–Crippen MR) is 164 cm³/mol. The van der Waals surface area contributed by atoms with Crippen LogP contribution in [0.15, 0.2) is 120 Å². The van der Waals surface area contributed by atoms with Crippen LogP contribution in [-0.4, -0.2) is 42.4 Å². The summed E-state index contributed by atoms with van der Waals surface area (Å²) in [6.07, 6.45) is 0.683. The van der Waals surface area contributed by atoms with Crippen LogP contribution in [0.1, 0.15) is 23.7 Å². The number of nitrogens with zero attached hydrogens (tertiary/aromatic N) is 2. The van der Waals surface area contributed by atoms with Gasteiger partial charge in [0.15, 0.2) is 5.84 Å². The average molecular weight is 578 g/mol. The molecule has 4 aromatic rings. The van der Waals surface area contributed by atoms with Crippen LogP contribution >= 0.6 is 0 Å². The van der Waals surface area contributed by atoms with Crippen LogP contribution in [0.25, 0.3) is 0 Å². The number of carbonyl (C=O) groups excluding carboxylic acids is 3. The van der Waals surface area contributed by atoms with E-state index in [2.05, 4.69) is 21.1 Å². The second-order valence-electron chi connectivity index (χ2n) is 9.67. The van der Waals surface area contributed by atoms with Gasteiger partial charge in [-0.25, -0.2) is 0 Å². The molecule has 5 rings (SSSR count). The average Bonchev–Trinajstić information content (AvgIpc) is 3.28. The third-order valence-corrected chi connectivity index (χ3v) is 6.46. The van der Waals surface area contributed by atoms with E-state index in [4.69, 9.17) is 9.47 Å². The van der Waals surface area contributed by atoms with E-state index in [0.717, 1.165) is 10.8 Å². The number of carbonyl (C=O) groups is 3. The molecule has 0 saturated carbocycles. The summed E-state index contributed by atoms with van der Waals surface area (Å²) in [4.78, 5) is 39.7. The Morgan fingerprint density at radius 3 is 1.93 bits per heavy atom. The van der Waals surface area contributed by atoms with E-state index < -0.39 is 23.4 Å². The summed E-state index contributed by atoms with van der Waals surface area (Å²) < 4.78 is 11.5. The van der Waals surface area contributed by atoms with Gasteiger partial charge in [0.1, 0.15) is 11.5 Å². The van der Waals surface area contributed by atoms with Crippen molar-refractivity contribution in [2.75, 3.05) is 23.5 Å². The molecule has 218 valence electrons. The van der Waals surface area contributed by atoms with Gasteiger partial charge in [0.25, 0.3) is 11.6 Å². The minimum Gasteiger partial charge on any atom is -0.493 e. The van der Waals surface area contributed by atoms with Gasteiger partial charge in [0.2, 0.25) is 5.91 Å². The van der Waals surface area contributed by atoms with Gasteiger partial charge in [0, 0.05) is 24.6 Å². The molecule has 3 N–H and O–H groups in total. The first-order chi connectivity index (χ1) is 20.9. The van der Waals surface area contributed by atoms with E-state index >= 15 is 0 Å². The van der Waals surface area contributed by atoms with Crippen molar-refractivity contribution in [3.05, 3.63) is 121 Å². The van der Waals surface area contributed by atoms with Gasteiger partial charge < -0.3 is 25.4 Å². The van der Waals surface area contributed by atoms with Gasteiger partial charge in [-0.05, 0) is 60.7 Å². The number of amides is 3. The fraction of sp³-hybridized carbons (Fsp3) is 0.152. The molecule has 0 bridgehead atoms. The van der Waals surface area contributed by atoms with E-state index in [1.54, 1.807) is 72.8 Å². The second kappa shape index (κ2) is 13.3. The molecule has 0 aliphatic carbocycles. The van der Waals surface area contributed by atoms with Crippen molar-refractivity contribution in [3.8, 4) is 11.5 Å². The monoisotopic (exact) mass is 577 g/mol. The van der Waals surface area contributed by atoms with E-state index in [-0.39, 0.29) is 5.84 Å². The van der Waals surface area contributed by atoms with Gasteiger partial charge in [-0.1, -0.05) is 54.6 Å². The maximum atomic E-state index is 13.9. The van der Waals surface area contributed by atoms with Crippen molar-refractivity contribution in [3.63, 3.8) is 0 Å². The molecule has 1 heterocycles. The highest BCUT2D eigenvalue weighted by Crippen LogP contribution is 2.28. The Balaban J connectivity index is 1.30. The third kappa shape index (κ3) is 6.99. The molecular formula is C33H31N5O5. The van der Waals surface area contributed by atoms with Gasteiger partial charge in [-0.3, -0.25) is 14.4 Å². The zero-order chi connectivity index (χ0) is 30.1. The first-order valence-corrected chi connectivity index (χ1v) is 13.8. The van der Waals surface area contributed by atoms with Crippen LogP contribution in [0.4, 0.5) is 11.4 Å². The number of hydrazone groups is 1. The van der Waals surface area contributed by atoms with Crippen molar-refractivity contribution in [2.45, 2.75) is 19.0 Å². The third-order valence-electron chi connectivity index (χ3n) is 6.46. The first kappa shape index (κ1) is 28.9. The number of benzene rings is 4. The smallest absolute Gasteiger partial charge is 0.302 e. The molecule has 10 heteroatoms. The number of anilines is 2. The fourth-order valence-electron chi connectivity index (χ4n) is 4.44. The summed E-state index contributed by atoms with van der Waals surface area (Å²) in [7, 11) is 0. The summed E-state index contributed by atoms with van der Waals surface area (Å²) >= 11 is 0. The standard InChI is InChI=1S/C33H31N5O5/c1-24(39)35-33(36-26-12-5-2-6-13-26)31(37-38(32(33)41)27-14-7-3-8-15-27)34-30(40)25-18-20-29(21-19-25)43-23-11-22-42-28-16-9-4-10-17-28/h2-10,12-21,36H,11,22-23H2,1H3,(H,35,39)(H,34,37,40). The predicted octanol–water partition coefficient (Wildman–Crippen LogP) is 4.57. The SMILES string of the molecule is CC(=O)NC1(Nc2ccccc2)C(=O)N(c2ccccc2)N=C1NC(=O)c1ccc(OCCCOc2ccccc2)cc1. The molecule has 1 aliphatic rings. The molecule has 0 radical (unpaired) electrons. The zero-order valence-electron chi connectivity index (χ0n) is 23.5. The molecule has 1 aliphatic heterocycles. The summed E-state index contributed by atoms with van der Waals surface area (Å²) in [5, 5.41) is 14.2. The first-order valence-electron chi connectivity index (χ1n) is 13.8. The Kier molecular flexibility index (Phi) is 8.96. The van der Waals surface area contributed by atoms with Gasteiger partial charge >= 0.3 is 5.91 Å². The highest BCUT2D eigenvalue weighted by Gasteiger charge is 2.54. The van der Waals surface area contributed by atoms with Gasteiger partial charge in [0.05, 0.1) is 18.9 Å². The van der Waals surface area contributed by atoms with Gasteiger partial charge in [-0.15, -0.1) is 5.10 Å². The lowest BCUT2D eigenvalue weighted by Gasteiger charge is -2.31. The van der Waals surface area contributed by atoms with Crippen LogP contribution in [0.3, 0.4) is 0 Å². The molecule has 0 fully saturated rings. The van der Waals surface area contributed by atoms with Gasteiger partial charge in [-0.2, -0.15) is 5.01 Å². The molecule has 43 heavy (non-hydrogen) atoms. The van der Waals surface area contributed by atoms with Crippen molar-refractivity contribution in [1.29, 1.82) is 0 Å². The molecule has 0 aromatic heterocycles.